The van der Waals surface area contributed by atoms with E-state index in [1.165, 1.54) is 11.3 Å². The zero-order valence-corrected chi connectivity index (χ0v) is 11.0. The molecule has 0 aliphatic carbocycles. The molecule has 1 heterocycles. The van der Waals surface area contributed by atoms with Gasteiger partial charge in [0.2, 0.25) is 5.91 Å². The molecule has 0 radical (unpaired) electrons. The summed E-state index contributed by atoms with van der Waals surface area (Å²) < 4.78 is 0. The molecule has 104 valence electrons. The topological polar surface area (TPSA) is 116 Å². The van der Waals surface area contributed by atoms with Gasteiger partial charge in [0.05, 0.1) is 18.0 Å². The number of aliphatic carboxylic acids is 1. The van der Waals surface area contributed by atoms with E-state index >= 15 is 0 Å². The van der Waals surface area contributed by atoms with Gasteiger partial charge in [-0.1, -0.05) is 6.07 Å². The molecule has 0 fully saturated rings. The first-order valence-corrected chi connectivity index (χ1v) is 6.25. The summed E-state index contributed by atoms with van der Waals surface area (Å²) in [6, 6.07) is 3.33. The summed E-state index contributed by atoms with van der Waals surface area (Å²) in [5.74, 6) is -2.39. The minimum Gasteiger partial charge on any atom is -0.479 e. The van der Waals surface area contributed by atoms with Gasteiger partial charge in [-0.2, -0.15) is 0 Å². The first-order chi connectivity index (χ1) is 8.83. The van der Waals surface area contributed by atoms with Crippen LogP contribution in [0, 0.1) is 0 Å². The minimum atomic E-state index is -2.03. The number of amides is 2. The van der Waals surface area contributed by atoms with Gasteiger partial charge in [-0.3, -0.25) is 9.59 Å². The molecule has 8 heteroatoms. The van der Waals surface area contributed by atoms with Crippen molar-refractivity contribution in [1.29, 1.82) is 0 Å². The van der Waals surface area contributed by atoms with Crippen molar-refractivity contribution in [1.82, 2.24) is 10.6 Å². The van der Waals surface area contributed by atoms with E-state index in [0.29, 0.717) is 4.88 Å². The van der Waals surface area contributed by atoms with Crippen LogP contribution < -0.4 is 10.6 Å². The molecule has 0 bridgehead atoms. The Morgan fingerprint density at radius 1 is 1.37 bits per heavy atom. The Morgan fingerprint density at radius 3 is 2.58 bits per heavy atom. The smallest absolute Gasteiger partial charge is 0.337 e. The van der Waals surface area contributed by atoms with Gasteiger partial charge in [-0.05, 0) is 18.4 Å². The second-order valence-corrected chi connectivity index (χ2v) is 4.96. The molecule has 1 rings (SSSR count). The van der Waals surface area contributed by atoms with Crippen molar-refractivity contribution in [2.45, 2.75) is 12.5 Å². The quantitative estimate of drug-likeness (QED) is 0.559. The number of carboxylic acid groups (broad SMARTS) is 1. The van der Waals surface area contributed by atoms with Gasteiger partial charge >= 0.3 is 5.97 Å². The Morgan fingerprint density at radius 2 is 2.05 bits per heavy atom. The fourth-order valence-corrected chi connectivity index (χ4v) is 1.70. The summed E-state index contributed by atoms with van der Waals surface area (Å²) in [5.41, 5.74) is -2.03. The second-order valence-electron chi connectivity index (χ2n) is 4.02. The normalized spacial score (nSPS) is 13.4. The number of carbonyl (C=O) groups is 3. The summed E-state index contributed by atoms with van der Waals surface area (Å²) in [5, 5.41) is 24.3. The fraction of sp³-hybridized carbons (Fsp3) is 0.364. The van der Waals surface area contributed by atoms with Crippen LogP contribution in [0.5, 0.6) is 0 Å². The average molecular weight is 286 g/mol. The number of hydrogen-bond donors (Lipinski definition) is 4. The summed E-state index contributed by atoms with van der Waals surface area (Å²) in [6.07, 6.45) is 0. The van der Waals surface area contributed by atoms with Gasteiger partial charge in [0.25, 0.3) is 5.91 Å². The van der Waals surface area contributed by atoms with E-state index in [4.69, 9.17) is 5.11 Å². The minimum absolute atomic E-state index is 0.285. The van der Waals surface area contributed by atoms with Gasteiger partial charge < -0.3 is 20.8 Å². The number of nitrogens with one attached hydrogen (secondary N) is 2. The molecule has 0 aliphatic rings. The third-order valence-electron chi connectivity index (χ3n) is 2.24. The molecular formula is C11H14N2O5S. The van der Waals surface area contributed by atoms with E-state index in [-0.39, 0.29) is 12.5 Å². The monoisotopic (exact) mass is 286 g/mol. The van der Waals surface area contributed by atoms with E-state index in [1.54, 1.807) is 17.5 Å². The van der Waals surface area contributed by atoms with Crippen LogP contribution in [0.2, 0.25) is 0 Å². The lowest BCUT2D eigenvalue weighted by Crippen LogP contribution is -2.48. The highest BCUT2D eigenvalue weighted by Gasteiger charge is 2.30. The molecule has 0 saturated carbocycles. The lowest BCUT2D eigenvalue weighted by molar-refractivity contribution is -0.156. The third kappa shape index (κ3) is 4.68. The van der Waals surface area contributed by atoms with Gasteiger partial charge in [-0.15, -0.1) is 11.3 Å². The predicted molar refractivity (Wildman–Crippen MR) is 67.9 cm³/mol. The molecule has 0 aliphatic heterocycles. The summed E-state index contributed by atoms with van der Waals surface area (Å²) >= 11 is 1.24. The van der Waals surface area contributed by atoms with Gasteiger partial charge in [-0.25, -0.2) is 4.79 Å². The van der Waals surface area contributed by atoms with Gasteiger partial charge in [0.1, 0.15) is 0 Å². The number of carbonyl (C=O) groups excluding carboxylic acids is 2. The molecule has 1 unspecified atom stereocenters. The van der Waals surface area contributed by atoms with Crippen LogP contribution in [0.1, 0.15) is 16.6 Å². The van der Waals surface area contributed by atoms with E-state index in [2.05, 4.69) is 10.6 Å². The Bertz CT molecular complexity index is 469. The molecule has 1 aromatic rings. The highest BCUT2D eigenvalue weighted by molar-refractivity contribution is 7.12. The van der Waals surface area contributed by atoms with Crippen molar-refractivity contribution in [2.75, 3.05) is 13.1 Å². The molecule has 1 atom stereocenters. The molecule has 1 aromatic heterocycles. The summed E-state index contributed by atoms with van der Waals surface area (Å²) in [7, 11) is 0. The molecule has 0 aromatic carbocycles. The van der Waals surface area contributed by atoms with Crippen molar-refractivity contribution in [2.24, 2.45) is 0 Å². The Balaban J connectivity index is 2.33. The van der Waals surface area contributed by atoms with E-state index in [9.17, 15) is 19.5 Å². The first-order valence-electron chi connectivity index (χ1n) is 5.37. The lowest BCUT2D eigenvalue weighted by Gasteiger charge is -2.18. The van der Waals surface area contributed by atoms with Crippen LogP contribution in [0.25, 0.3) is 0 Å². The molecule has 19 heavy (non-hydrogen) atoms. The fourth-order valence-electron chi connectivity index (χ4n) is 1.06. The van der Waals surface area contributed by atoms with Crippen LogP contribution in [0.15, 0.2) is 17.5 Å². The van der Waals surface area contributed by atoms with Crippen molar-refractivity contribution < 1.29 is 24.6 Å². The van der Waals surface area contributed by atoms with E-state index in [0.717, 1.165) is 6.92 Å². The molecule has 0 spiro atoms. The summed E-state index contributed by atoms with van der Waals surface area (Å²) in [4.78, 5) is 33.9. The molecule has 0 saturated heterocycles. The van der Waals surface area contributed by atoms with Crippen molar-refractivity contribution >= 4 is 29.1 Å². The van der Waals surface area contributed by atoms with Crippen LogP contribution in [0.3, 0.4) is 0 Å². The van der Waals surface area contributed by atoms with Crippen molar-refractivity contribution in [3.05, 3.63) is 22.4 Å². The standard InChI is InChI=1S/C11H14N2O5S/c1-11(18,10(16)17)6-13-8(14)5-12-9(15)7-3-2-4-19-7/h2-4,18H,5-6H2,1H3,(H,12,15)(H,13,14)(H,16,17). The molecule has 4 N–H and O–H groups in total. The van der Waals surface area contributed by atoms with Gasteiger partial charge in [0, 0.05) is 0 Å². The van der Waals surface area contributed by atoms with Crippen molar-refractivity contribution in [3.63, 3.8) is 0 Å². The van der Waals surface area contributed by atoms with Crippen LogP contribution in [-0.2, 0) is 9.59 Å². The van der Waals surface area contributed by atoms with Crippen molar-refractivity contribution in [3.8, 4) is 0 Å². The second kappa shape index (κ2) is 6.30. The maximum Gasteiger partial charge on any atom is 0.337 e. The highest BCUT2D eigenvalue weighted by Crippen LogP contribution is 2.07. The van der Waals surface area contributed by atoms with Crippen LogP contribution in [0.4, 0.5) is 0 Å². The van der Waals surface area contributed by atoms with E-state index < -0.39 is 24.0 Å². The highest BCUT2D eigenvalue weighted by atomic mass is 32.1. The predicted octanol–water partition coefficient (Wildman–Crippen LogP) is -0.570. The molecule has 2 amide bonds. The number of thiophene rings is 1. The molecule has 7 nitrogen and oxygen atoms in total. The Labute approximate surface area is 113 Å². The first kappa shape index (κ1) is 15.1. The van der Waals surface area contributed by atoms with Crippen LogP contribution >= 0.6 is 11.3 Å². The number of rotatable bonds is 6. The summed E-state index contributed by atoms with van der Waals surface area (Å²) in [6.45, 7) is 0.350. The zero-order valence-electron chi connectivity index (χ0n) is 10.2. The average Bonchev–Trinajstić information content (AvgIpc) is 2.87. The van der Waals surface area contributed by atoms with Gasteiger partial charge in [0.15, 0.2) is 5.60 Å². The maximum atomic E-state index is 11.5. The third-order valence-corrected chi connectivity index (χ3v) is 3.11. The zero-order chi connectivity index (χ0) is 14.5. The number of hydrogen-bond acceptors (Lipinski definition) is 5. The largest absolute Gasteiger partial charge is 0.479 e. The Kier molecular flexibility index (Phi) is 5.02. The Hall–Kier alpha value is -1.93. The number of carboxylic acids is 1. The molecular weight excluding hydrogens is 272 g/mol. The SMILES string of the molecule is CC(O)(CNC(=O)CNC(=O)c1cccs1)C(=O)O. The maximum absolute atomic E-state index is 11.5. The van der Waals surface area contributed by atoms with Crippen LogP contribution in [-0.4, -0.2) is 46.7 Å². The lowest BCUT2D eigenvalue weighted by atomic mass is 10.1. The number of aliphatic hydroxyl groups is 1. The van der Waals surface area contributed by atoms with E-state index in [1.807, 2.05) is 0 Å².